The van der Waals surface area contributed by atoms with E-state index in [4.69, 9.17) is 10.00 Å². The predicted octanol–water partition coefficient (Wildman–Crippen LogP) is 4.99. The van der Waals surface area contributed by atoms with Gasteiger partial charge < -0.3 is 4.74 Å². The van der Waals surface area contributed by atoms with Crippen LogP contribution >= 0.6 is 0 Å². The highest BCUT2D eigenvalue weighted by atomic mass is 16.5. The second kappa shape index (κ2) is 7.23. The van der Waals surface area contributed by atoms with Crippen LogP contribution in [0.3, 0.4) is 0 Å². The van der Waals surface area contributed by atoms with Gasteiger partial charge in [-0.05, 0) is 49.7 Å². The van der Waals surface area contributed by atoms with Gasteiger partial charge in [0.05, 0.1) is 11.6 Å². The van der Waals surface area contributed by atoms with E-state index in [-0.39, 0.29) is 0 Å². The van der Waals surface area contributed by atoms with Gasteiger partial charge in [0, 0.05) is 0 Å². The Bertz CT molecular complexity index is 565. The molecule has 0 spiro atoms. The molecule has 0 fully saturated rings. The Labute approximate surface area is 115 Å². The summed E-state index contributed by atoms with van der Waals surface area (Å²) in [6.45, 7) is 8.07. The number of aryl methyl sites for hydroxylation is 2. The first-order valence-electron chi connectivity index (χ1n) is 6.44. The van der Waals surface area contributed by atoms with Gasteiger partial charge in [-0.3, -0.25) is 0 Å². The van der Waals surface area contributed by atoms with Gasteiger partial charge in [-0.2, -0.15) is 5.26 Å². The topological polar surface area (TPSA) is 33.0 Å². The van der Waals surface area contributed by atoms with Gasteiger partial charge in [-0.1, -0.05) is 31.5 Å². The van der Waals surface area contributed by atoms with Crippen molar-refractivity contribution >= 4 is 0 Å². The van der Waals surface area contributed by atoms with E-state index in [2.05, 4.69) is 19.1 Å². The number of hydrogen-bond acceptors (Lipinski definition) is 2. The average molecular weight is 253 g/mol. The average Bonchev–Trinajstić information content (AvgIpc) is 2.45. The lowest BCUT2D eigenvalue weighted by Gasteiger charge is -2.09. The number of benzene rings is 2. The highest BCUT2D eigenvalue weighted by Crippen LogP contribution is 2.25. The Kier molecular flexibility index (Phi) is 5.63. The van der Waals surface area contributed by atoms with E-state index in [1.807, 2.05) is 32.9 Å². The monoisotopic (exact) mass is 253 g/mol. The lowest BCUT2D eigenvalue weighted by molar-refractivity contribution is 0.478. The molecule has 0 aromatic heterocycles. The summed E-state index contributed by atoms with van der Waals surface area (Å²) >= 11 is 0. The minimum Gasteiger partial charge on any atom is -0.457 e. The van der Waals surface area contributed by atoms with E-state index >= 15 is 0 Å². The number of hydrogen-bond donors (Lipinski definition) is 0. The highest BCUT2D eigenvalue weighted by Gasteiger charge is 2.01. The first-order chi connectivity index (χ1) is 9.19. The van der Waals surface area contributed by atoms with E-state index in [1.165, 1.54) is 5.56 Å². The molecule has 0 saturated heterocycles. The summed E-state index contributed by atoms with van der Waals surface area (Å²) in [6, 6.07) is 15.2. The fourth-order valence-electron chi connectivity index (χ4n) is 1.64. The summed E-state index contributed by atoms with van der Waals surface area (Å²) in [6.07, 6.45) is 0. The van der Waals surface area contributed by atoms with Crippen molar-refractivity contribution < 1.29 is 4.74 Å². The molecule has 0 aliphatic heterocycles. The van der Waals surface area contributed by atoms with Crippen LogP contribution in [-0.4, -0.2) is 0 Å². The van der Waals surface area contributed by atoms with Crippen LogP contribution in [0.25, 0.3) is 0 Å². The Morgan fingerprint density at radius 3 is 2.11 bits per heavy atom. The molecule has 2 aromatic carbocycles. The third-order valence-electron chi connectivity index (χ3n) is 2.54. The van der Waals surface area contributed by atoms with Gasteiger partial charge in [-0.25, -0.2) is 0 Å². The van der Waals surface area contributed by atoms with Crippen molar-refractivity contribution in [3.05, 3.63) is 59.2 Å². The molecule has 0 heterocycles. The fraction of sp³-hybridized carbons (Fsp3) is 0.235. The van der Waals surface area contributed by atoms with Crippen LogP contribution in [0.15, 0.2) is 42.5 Å². The summed E-state index contributed by atoms with van der Waals surface area (Å²) in [5.41, 5.74) is 2.96. The van der Waals surface area contributed by atoms with Crippen LogP contribution in [-0.2, 0) is 0 Å². The maximum atomic E-state index is 8.70. The molecule has 0 aliphatic rings. The van der Waals surface area contributed by atoms with Crippen molar-refractivity contribution in [3.8, 4) is 17.6 Å². The Balaban J connectivity index is 0.000000861. The minimum absolute atomic E-state index is 0.637. The van der Waals surface area contributed by atoms with Crippen LogP contribution in [0.1, 0.15) is 30.5 Å². The zero-order chi connectivity index (χ0) is 14.3. The SMILES string of the molecule is CC.Cc1ccc(Oc2ccc(C#N)cc2)c(C)c1. The minimum atomic E-state index is 0.637. The molecule has 0 N–H and O–H groups in total. The maximum absolute atomic E-state index is 8.70. The molecular formula is C17H19NO. The molecule has 2 heteroatoms. The van der Waals surface area contributed by atoms with E-state index in [1.54, 1.807) is 24.3 Å². The van der Waals surface area contributed by atoms with Gasteiger partial charge in [0.2, 0.25) is 0 Å². The molecule has 0 bridgehead atoms. The Morgan fingerprint density at radius 1 is 0.947 bits per heavy atom. The maximum Gasteiger partial charge on any atom is 0.130 e. The zero-order valence-electron chi connectivity index (χ0n) is 11.9. The van der Waals surface area contributed by atoms with Crippen LogP contribution in [0.2, 0.25) is 0 Å². The summed E-state index contributed by atoms with van der Waals surface area (Å²) in [5, 5.41) is 8.70. The van der Waals surface area contributed by atoms with Gasteiger partial charge >= 0.3 is 0 Å². The Hall–Kier alpha value is -2.27. The highest BCUT2D eigenvalue weighted by molar-refractivity contribution is 5.41. The molecule has 2 aromatic rings. The predicted molar refractivity (Wildman–Crippen MR) is 78.5 cm³/mol. The molecule has 0 saturated carbocycles. The number of ether oxygens (including phenoxy) is 1. The molecule has 0 aliphatic carbocycles. The van der Waals surface area contributed by atoms with Crippen molar-refractivity contribution in [2.45, 2.75) is 27.7 Å². The van der Waals surface area contributed by atoms with Crippen LogP contribution in [0.5, 0.6) is 11.5 Å². The van der Waals surface area contributed by atoms with E-state index < -0.39 is 0 Å². The zero-order valence-corrected chi connectivity index (χ0v) is 11.9. The van der Waals surface area contributed by atoms with E-state index in [9.17, 15) is 0 Å². The largest absolute Gasteiger partial charge is 0.457 e. The number of rotatable bonds is 2. The third kappa shape index (κ3) is 4.15. The second-order valence-electron chi connectivity index (χ2n) is 4.01. The molecule has 0 atom stereocenters. The standard InChI is InChI=1S/C15H13NO.C2H6/c1-11-3-8-15(12(2)9-11)17-14-6-4-13(10-16)5-7-14;1-2/h3-9H,1-2H3;1-2H3. The second-order valence-corrected chi connectivity index (χ2v) is 4.01. The third-order valence-corrected chi connectivity index (χ3v) is 2.54. The smallest absolute Gasteiger partial charge is 0.130 e. The summed E-state index contributed by atoms with van der Waals surface area (Å²) in [5.74, 6) is 1.59. The van der Waals surface area contributed by atoms with Crippen molar-refractivity contribution in [2.75, 3.05) is 0 Å². The molecule has 2 rings (SSSR count). The van der Waals surface area contributed by atoms with E-state index in [0.29, 0.717) is 5.56 Å². The molecule has 0 amide bonds. The van der Waals surface area contributed by atoms with Gasteiger partial charge in [-0.15, -0.1) is 0 Å². The molecule has 19 heavy (non-hydrogen) atoms. The first kappa shape index (κ1) is 14.8. The summed E-state index contributed by atoms with van der Waals surface area (Å²) < 4.78 is 5.75. The van der Waals surface area contributed by atoms with Crippen molar-refractivity contribution in [2.24, 2.45) is 0 Å². The lowest BCUT2D eigenvalue weighted by Crippen LogP contribution is -1.88. The molecule has 0 radical (unpaired) electrons. The van der Waals surface area contributed by atoms with E-state index in [0.717, 1.165) is 17.1 Å². The van der Waals surface area contributed by atoms with Gasteiger partial charge in [0.15, 0.2) is 0 Å². The Morgan fingerprint density at radius 2 is 1.58 bits per heavy atom. The summed E-state index contributed by atoms with van der Waals surface area (Å²) in [4.78, 5) is 0. The molecular weight excluding hydrogens is 234 g/mol. The molecule has 98 valence electrons. The van der Waals surface area contributed by atoms with Crippen molar-refractivity contribution in [3.63, 3.8) is 0 Å². The van der Waals surface area contributed by atoms with Crippen molar-refractivity contribution in [1.29, 1.82) is 5.26 Å². The van der Waals surface area contributed by atoms with Crippen LogP contribution in [0.4, 0.5) is 0 Å². The molecule has 2 nitrogen and oxygen atoms in total. The van der Waals surface area contributed by atoms with Crippen molar-refractivity contribution in [1.82, 2.24) is 0 Å². The summed E-state index contributed by atoms with van der Waals surface area (Å²) in [7, 11) is 0. The fourth-order valence-corrected chi connectivity index (χ4v) is 1.64. The normalized spacial score (nSPS) is 9.00. The van der Waals surface area contributed by atoms with Gasteiger partial charge in [0.25, 0.3) is 0 Å². The van der Waals surface area contributed by atoms with Crippen LogP contribution < -0.4 is 4.74 Å². The molecule has 0 unspecified atom stereocenters. The lowest BCUT2D eigenvalue weighted by atomic mass is 10.1. The quantitative estimate of drug-likeness (QED) is 0.755. The van der Waals surface area contributed by atoms with Gasteiger partial charge in [0.1, 0.15) is 11.5 Å². The number of nitriles is 1. The first-order valence-corrected chi connectivity index (χ1v) is 6.44. The number of nitrogens with zero attached hydrogens (tertiary/aromatic N) is 1. The van der Waals surface area contributed by atoms with Crippen LogP contribution in [0, 0.1) is 25.2 Å².